The standard InChI is InChI=1S/C15H21N3O2S/c1-10-13(17-11(2)19)4-3-5-14(10)18-15(20)8-12-9-21-7-6-16-12/h3-5,12,16H,6-9H2,1-2H3,(H,17,19)(H,18,20). The van der Waals surface area contributed by atoms with E-state index in [0.29, 0.717) is 6.42 Å². The van der Waals surface area contributed by atoms with Gasteiger partial charge in [0.05, 0.1) is 0 Å². The van der Waals surface area contributed by atoms with Crippen molar-refractivity contribution in [2.24, 2.45) is 0 Å². The maximum Gasteiger partial charge on any atom is 0.225 e. The van der Waals surface area contributed by atoms with Crippen molar-refractivity contribution >= 4 is 35.0 Å². The van der Waals surface area contributed by atoms with Crippen molar-refractivity contribution in [1.82, 2.24) is 5.32 Å². The maximum absolute atomic E-state index is 12.1. The topological polar surface area (TPSA) is 70.2 Å². The summed E-state index contributed by atoms with van der Waals surface area (Å²) in [7, 11) is 0. The van der Waals surface area contributed by atoms with Crippen molar-refractivity contribution in [2.45, 2.75) is 26.3 Å². The summed E-state index contributed by atoms with van der Waals surface area (Å²) in [5, 5.41) is 9.04. The number of carbonyl (C=O) groups excluding carboxylic acids is 2. The Morgan fingerprint density at radius 1 is 1.33 bits per heavy atom. The van der Waals surface area contributed by atoms with Crippen LogP contribution in [-0.2, 0) is 9.59 Å². The fraction of sp³-hybridized carbons (Fsp3) is 0.467. The van der Waals surface area contributed by atoms with E-state index >= 15 is 0 Å². The molecule has 1 aromatic rings. The highest BCUT2D eigenvalue weighted by molar-refractivity contribution is 7.99. The van der Waals surface area contributed by atoms with Gasteiger partial charge in [-0.3, -0.25) is 9.59 Å². The van der Waals surface area contributed by atoms with Gasteiger partial charge in [-0.1, -0.05) is 6.07 Å². The molecule has 1 unspecified atom stereocenters. The Morgan fingerprint density at radius 2 is 2.05 bits per heavy atom. The van der Waals surface area contributed by atoms with E-state index in [1.807, 2.05) is 36.9 Å². The lowest BCUT2D eigenvalue weighted by Gasteiger charge is -2.22. The van der Waals surface area contributed by atoms with Gasteiger partial charge in [-0.2, -0.15) is 11.8 Å². The third-order valence-corrected chi connectivity index (χ3v) is 4.48. The molecule has 0 bridgehead atoms. The molecule has 1 heterocycles. The van der Waals surface area contributed by atoms with Crippen molar-refractivity contribution in [3.63, 3.8) is 0 Å². The molecule has 0 saturated carbocycles. The Balaban J connectivity index is 1.98. The lowest BCUT2D eigenvalue weighted by Crippen LogP contribution is -2.39. The van der Waals surface area contributed by atoms with Crippen LogP contribution in [0.5, 0.6) is 0 Å². The van der Waals surface area contributed by atoms with Gasteiger partial charge >= 0.3 is 0 Å². The number of thioether (sulfide) groups is 1. The first-order chi connectivity index (χ1) is 10.1. The van der Waals surface area contributed by atoms with E-state index in [1.54, 1.807) is 0 Å². The van der Waals surface area contributed by atoms with Gasteiger partial charge in [-0.15, -0.1) is 0 Å². The van der Waals surface area contributed by atoms with Crippen LogP contribution < -0.4 is 16.0 Å². The predicted octanol–water partition coefficient (Wildman–Crippen LogP) is 1.99. The van der Waals surface area contributed by atoms with E-state index in [-0.39, 0.29) is 17.9 Å². The van der Waals surface area contributed by atoms with E-state index in [9.17, 15) is 9.59 Å². The summed E-state index contributed by atoms with van der Waals surface area (Å²) in [4.78, 5) is 23.3. The molecule has 0 radical (unpaired) electrons. The number of anilines is 2. The van der Waals surface area contributed by atoms with Crippen molar-refractivity contribution < 1.29 is 9.59 Å². The summed E-state index contributed by atoms with van der Waals surface area (Å²) in [5.74, 6) is 1.96. The maximum atomic E-state index is 12.1. The van der Waals surface area contributed by atoms with Crippen LogP contribution in [0.15, 0.2) is 18.2 Å². The molecule has 1 fully saturated rings. The van der Waals surface area contributed by atoms with Crippen LogP contribution in [0.1, 0.15) is 18.9 Å². The number of nitrogens with one attached hydrogen (secondary N) is 3. The van der Waals surface area contributed by atoms with Gasteiger partial charge in [-0.25, -0.2) is 0 Å². The van der Waals surface area contributed by atoms with E-state index in [1.165, 1.54) is 6.92 Å². The molecular formula is C15H21N3O2S. The number of hydrogen-bond acceptors (Lipinski definition) is 4. The molecule has 6 heteroatoms. The molecule has 1 aliphatic heterocycles. The molecule has 2 amide bonds. The summed E-state index contributed by atoms with van der Waals surface area (Å²) < 4.78 is 0. The highest BCUT2D eigenvalue weighted by Crippen LogP contribution is 2.23. The quantitative estimate of drug-likeness (QED) is 0.795. The second-order valence-corrected chi connectivity index (χ2v) is 6.29. The van der Waals surface area contributed by atoms with Gasteiger partial charge in [-0.05, 0) is 24.6 Å². The summed E-state index contributed by atoms with van der Waals surface area (Å²) in [6.45, 7) is 4.31. The minimum Gasteiger partial charge on any atom is -0.326 e. The van der Waals surface area contributed by atoms with E-state index in [4.69, 9.17) is 0 Å². The number of benzene rings is 1. The van der Waals surface area contributed by atoms with Crippen LogP contribution in [-0.4, -0.2) is 35.9 Å². The first-order valence-electron chi connectivity index (χ1n) is 7.04. The lowest BCUT2D eigenvalue weighted by molar-refractivity contribution is -0.116. The number of rotatable bonds is 4. The van der Waals surface area contributed by atoms with Gasteiger partial charge in [0, 0.05) is 48.8 Å². The van der Waals surface area contributed by atoms with Crippen LogP contribution in [0.2, 0.25) is 0 Å². The minimum atomic E-state index is -0.120. The summed E-state index contributed by atoms with van der Waals surface area (Å²) in [6, 6.07) is 5.73. The molecule has 1 aliphatic rings. The zero-order chi connectivity index (χ0) is 15.2. The molecule has 0 spiro atoms. The molecule has 1 atom stereocenters. The SMILES string of the molecule is CC(=O)Nc1cccc(NC(=O)CC2CSCCN2)c1C. The normalized spacial score (nSPS) is 18.1. The first kappa shape index (κ1) is 15.9. The monoisotopic (exact) mass is 307 g/mol. The summed E-state index contributed by atoms with van der Waals surface area (Å²) in [6.07, 6.45) is 0.469. The number of amides is 2. The molecule has 5 nitrogen and oxygen atoms in total. The van der Waals surface area contributed by atoms with E-state index in [0.717, 1.165) is 35.0 Å². The third kappa shape index (κ3) is 4.75. The van der Waals surface area contributed by atoms with E-state index < -0.39 is 0 Å². The van der Waals surface area contributed by atoms with Crippen molar-refractivity contribution in [3.8, 4) is 0 Å². The second kappa shape index (κ2) is 7.47. The smallest absolute Gasteiger partial charge is 0.225 e. The molecule has 21 heavy (non-hydrogen) atoms. The Labute approximate surface area is 129 Å². The summed E-state index contributed by atoms with van der Waals surface area (Å²) in [5.41, 5.74) is 2.34. The van der Waals surface area contributed by atoms with Gasteiger partial charge in [0.1, 0.15) is 0 Å². The van der Waals surface area contributed by atoms with Crippen molar-refractivity contribution in [1.29, 1.82) is 0 Å². The highest BCUT2D eigenvalue weighted by atomic mass is 32.2. The Kier molecular flexibility index (Phi) is 5.64. The molecule has 1 saturated heterocycles. The Bertz CT molecular complexity index is 528. The first-order valence-corrected chi connectivity index (χ1v) is 8.20. The molecular weight excluding hydrogens is 286 g/mol. The third-order valence-electron chi connectivity index (χ3n) is 3.35. The van der Waals surface area contributed by atoms with Crippen LogP contribution in [0.3, 0.4) is 0 Å². The molecule has 2 rings (SSSR count). The lowest BCUT2D eigenvalue weighted by atomic mass is 10.1. The van der Waals surface area contributed by atoms with Gasteiger partial charge in [0.25, 0.3) is 0 Å². The Hall–Kier alpha value is -1.53. The number of carbonyl (C=O) groups is 2. The van der Waals surface area contributed by atoms with Crippen LogP contribution >= 0.6 is 11.8 Å². The molecule has 114 valence electrons. The van der Waals surface area contributed by atoms with Gasteiger partial charge in [0.2, 0.25) is 11.8 Å². The summed E-state index contributed by atoms with van der Waals surface area (Å²) >= 11 is 1.87. The molecule has 1 aromatic carbocycles. The zero-order valence-corrected chi connectivity index (χ0v) is 13.2. The average molecular weight is 307 g/mol. The molecule has 0 aliphatic carbocycles. The second-order valence-electron chi connectivity index (χ2n) is 5.14. The fourth-order valence-electron chi connectivity index (χ4n) is 2.27. The highest BCUT2D eigenvalue weighted by Gasteiger charge is 2.17. The van der Waals surface area contributed by atoms with Crippen LogP contribution in [0.25, 0.3) is 0 Å². The minimum absolute atomic E-state index is 0.00178. The fourth-order valence-corrected chi connectivity index (χ4v) is 3.22. The van der Waals surface area contributed by atoms with Crippen molar-refractivity contribution in [3.05, 3.63) is 23.8 Å². The van der Waals surface area contributed by atoms with Crippen LogP contribution in [0, 0.1) is 6.92 Å². The average Bonchev–Trinajstić information content (AvgIpc) is 2.44. The van der Waals surface area contributed by atoms with Crippen LogP contribution in [0.4, 0.5) is 11.4 Å². The number of hydrogen-bond donors (Lipinski definition) is 3. The molecule has 3 N–H and O–H groups in total. The van der Waals surface area contributed by atoms with Crippen molar-refractivity contribution in [2.75, 3.05) is 28.7 Å². The zero-order valence-electron chi connectivity index (χ0n) is 12.4. The van der Waals surface area contributed by atoms with Gasteiger partial charge in [0.15, 0.2) is 0 Å². The largest absolute Gasteiger partial charge is 0.326 e. The predicted molar refractivity (Wildman–Crippen MR) is 87.8 cm³/mol. The Morgan fingerprint density at radius 3 is 2.67 bits per heavy atom. The molecule has 0 aromatic heterocycles. The van der Waals surface area contributed by atoms with E-state index in [2.05, 4.69) is 16.0 Å². The van der Waals surface area contributed by atoms with Gasteiger partial charge < -0.3 is 16.0 Å².